The molecule has 0 aromatic heterocycles. The van der Waals surface area contributed by atoms with Crippen molar-refractivity contribution < 1.29 is 18.0 Å². The summed E-state index contributed by atoms with van der Waals surface area (Å²) in [6.45, 7) is 4.72. The van der Waals surface area contributed by atoms with E-state index in [1.165, 1.54) is 31.2 Å². The third-order valence-electron chi connectivity index (χ3n) is 2.81. The zero-order chi connectivity index (χ0) is 15.5. The summed E-state index contributed by atoms with van der Waals surface area (Å²) >= 11 is 0. The first-order valence-electron chi connectivity index (χ1n) is 6.08. The topological polar surface area (TPSA) is 106 Å². The number of nitrogens with one attached hydrogen (secondary N) is 1. The van der Waals surface area contributed by atoms with Crippen LogP contribution in [0.2, 0.25) is 0 Å². The zero-order valence-electron chi connectivity index (χ0n) is 11.6. The number of amides is 1. The fourth-order valence-electron chi connectivity index (χ4n) is 1.64. The van der Waals surface area contributed by atoms with Crippen molar-refractivity contribution in [2.45, 2.75) is 31.7 Å². The van der Waals surface area contributed by atoms with E-state index in [0.29, 0.717) is 0 Å². The summed E-state index contributed by atoms with van der Waals surface area (Å²) in [5.74, 6) is -1.26. The van der Waals surface area contributed by atoms with Crippen LogP contribution < -0.4 is 10.5 Å². The van der Waals surface area contributed by atoms with E-state index in [1.807, 2.05) is 0 Å². The lowest BCUT2D eigenvalue weighted by atomic mass is 10.1. The summed E-state index contributed by atoms with van der Waals surface area (Å²) < 4.78 is 26.7. The van der Waals surface area contributed by atoms with Gasteiger partial charge in [-0.2, -0.15) is 4.72 Å². The maximum Gasteiger partial charge on any atom is 0.241 e. The molecule has 1 atom stereocenters. The van der Waals surface area contributed by atoms with E-state index in [1.54, 1.807) is 13.8 Å². The molecule has 3 N–H and O–H groups in total. The van der Waals surface area contributed by atoms with Crippen molar-refractivity contribution in [1.29, 1.82) is 0 Å². The second-order valence-electron chi connectivity index (χ2n) is 4.83. The molecule has 1 rings (SSSR count). The Labute approximate surface area is 118 Å². The van der Waals surface area contributed by atoms with Gasteiger partial charge in [0.25, 0.3) is 0 Å². The lowest BCUT2D eigenvalue weighted by molar-refractivity contribution is -0.120. The molecule has 0 saturated carbocycles. The van der Waals surface area contributed by atoms with Gasteiger partial charge in [-0.15, -0.1) is 0 Å². The van der Waals surface area contributed by atoms with E-state index in [2.05, 4.69) is 4.72 Å². The summed E-state index contributed by atoms with van der Waals surface area (Å²) in [7, 11) is -3.91. The molecule has 20 heavy (non-hydrogen) atoms. The Morgan fingerprint density at radius 2 is 1.85 bits per heavy atom. The lowest BCUT2D eigenvalue weighted by Crippen LogP contribution is -2.47. The highest BCUT2D eigenvalue weighted by Gasteiger charge is 2.26. The van der Waals surface area contributed by atoms with Crippen LogP contribution in [0.25, 0.3) is 0 Å². The molecule has 0 spiro atoms. The maximum absolute atomic E-state index is 12.2. The van der Waals surface area contributed by atoms with Crippen molar-refractivity contribution >= 4 is 21.7 Å². The second kappa shape index (κ2) is 6.15. The van der Waals surface area contributed by atoms with Crippen molar-refractivity contribution in [3.63, 3.8) is 0 Å². The van der Waals surface area contributed by atoms with Crippen molar-refractivity contribution in [3.05, 3.63) is 29.8 Å². The number of benzene rings is 1. The quantitative estimate of drug-likeness (QED) is 0.753. The van der Waals surface area contributed by atoms with Crippen LogP contribution in [-0.2, 0) is 14.8 Å². The fraction of sp³-hybridized carbons (Fsp3) is 0.385. The highest BCUT2D eigenvalue weighted by Crippen LogP contribution is 2.14. The van der Waals surface area contributed by atoms with Crippen molar-refractivity contribution in [2.24, 2.45) is 11.7 Å². The minimum Gasteiger partial charge on any atom is -0.368 e. The van der Waals surface area contributed by atoms with Gasteiger partial charge in [0.15, 0.2) is 5.78 Å². The van der Waals surface area contributed by atoms with Crippen molar-refractivity contribution in [1.82, 2.24) is 4.72 Å². The molecule has 0 aliphatic carbocycles. The van der Waals surface area contributed by atoms with Gasteiger partial charge in [0.05, 0.1) is 4.90 Å². The molecule has 1 aromatic rings. The molecule has 6 nitrogen and oxygen atoms in total. The standard InChI is InChI=1S/C13H18N2O4S/c1-8(2)12(13(14)17)15-20(18,19)11-6-4-5-10(7-11)9(3)16/h4-8,12,15H,1-3H3,(H2,14,17)/t12-/m0/s1. The average molecular weight is 298 g/mol. The van der Waals surface area contributed by atoms with E-state index >= 15 is 0 Å². The van der Waals surface area contributed by atoms with Crippen LogP contribution in [0.4, 0.5) is 0 Å². The third-order valence-corrected chi connectivity index (χ3v) is 4.24. The number of nitrogens with two attached hydrogens (primary N) is 1. The third kappa shape index (κ3) is 3.88. The highest BCUT2D eigenvalue weighted by atomic mass is 32.2. The highest BCUT2D eigenvalue weighted by molar-refractivity contribution is 7.89. The van der Waals surface area contributed by atoms with Crippen LogP contribution in [0.3, 0.4) is 0 Å². The van der Waals surface area contributed by atoms with Gasteiger partial charge in [0.2, 0.25) is 15.9 Å². The number of hydrogen-bond acceptors (Lipinski definition) is 4. The Morgan fingerprint density at radius 1 is 1.25 bits per heavy atom. The number of hydrogen-bond donors (Lipinski definition) is 2. The van der Waals surface area contributed by atoms with Crippen LogP contribution >= 0.6 is 0 Å². The monoisotopic (exact) mass is 298 g/mol. The summed E-state index contributed by atoms with van der Waals surface area (Å²) in [5, 5.41) is 0. The fourth-order valence-corrected chi connectivity index (χ4v) is 3.04. The number of Topliss-reactive ketones (excluding diaryl/α,β-unsaturated/α-hetero) is 1. The Hall–Kier alpha value is -1.73. The number of sulfonamides is 1. The molecule has 0 heterocycles. The van der Waals surface area contributed by atoms with Crippen LogP contribution in [-0.4, -0.2) is 26.2 Å². The minimum atomic E-state index is -3.91. The molecule has 110 valence electrons. The van der Waals surface area contributed by atoms with E-state index < -0.39 is 22.0 Å². The molecule has 0 unspecified atom stereocenters. The van der Waals surface area contributed by atoms with Gasteiger partial charge in [0, 0.05) is 5.56 Å². The molecule has 7 heteroatoms. The van der Waals surface area contributed by atoms with E-state index in [4.69, 9.17) is 5.73 Å². The first-order valence-corrected chi connectivity index (χ1v) is 7.56. The van der Waals surface area contributed by atoms with E-state index in [9.17, 15) is 18.0 Å². The van der Waals surface area contributed by atoms with Gasteiger partial charge in [-0.1, -0.05) is 26.0 Å². The summed E-state index contributed by atoms with van der Waals surface area (Å²) in [4.78, 5) is 22.5. The molecular formula is C13H18N2O4S. The summed E-state index contributed by atoms with van der Waals surface area (Å²) in [6, 6.07) is 4.62. The molecular weight excluding hydrogens is 280 g/mol. The first kappa shape index (κ1) is 16.3. The summed E-state index contributed by atoms with van der Waals surface area (Å²) in [5.41, 5.74) is 5.47. The van der Waals surface area contributed by atoms with Crippen LogP contribution in [0.5, 0.6) is 0 Å². The Morgan fingerprint density at radius 3 is 2.30 bits per heavy atom. The van der Waals surface area contributed by atoms with Gasteiger partial charge in [-0.25, -0.2) is 8.42 Å². The molecule has 0 aliphatic heterocycles. The Bertz CT molecular complexity index is 623. The van der Waals surface area contributed by atoms with E-state index in [0.717, 1.165) is 0 Å². The Kier molecular flexibility index (Phi) is 5.02. The number of rotatable bonds is 6. The van der Waals surface area contributed by atoms with Crippen LogP contribution in [0.1, 0.15) is 31.1 Å². The number of primary amides is 1. The van der Waals surface area contributed by atoms with Gasteiger partial charge < -0.3 is 5.73 Å². The molecule has 0 saturated heterocycles. The van der Waals surface area contributed by atoms with Gasteiger partial charge in [-0.3, -0.25) is 9.59 Å². The van der Waals surface area contributed by atoms with Gasteiger partial charge in [0.1, 0.15) is 6.04 Å². The number of carbonyl (C=O) groups excluding carboxylic acids is 2. The largest absolute Gasteiger partial charge is 0.368 e. The minimum absolute atomic E-state index is 0.0721. The number of carbonyl (C=O) groups is 2. The SMILES string of the molecule is CC(=O)c1cccc(S(=O)(=O)N[C@H](C(N)=O)C(C)C)c1. The lowest BCUT2D eigenvalue weighted by Gasteiger charge is -2.19. The normalized spacial score (nSPS) is 13.2. The molecule has 0 radical (unpaired) electrons. The molecule has 0 fully saturated rings. The van der Waals surface area contributed by atoms with Crippen molar-refractivity contribution in [2.75, 3.05) is 0 Å². The molecule has 1 aromatic carbocycles. The first-order chi connectivity index (χ1) is 9.15. The smallest absolute Gasteiger partial charge is 0.241 e. The Balaban J connectivity index is 3.14. The number of ketones is 1. The predicted molar refractivity (Wildman–Crippen MR) is 74.6 cm³/mol. The average Bonchev–Trinajstić information content (AvgIpc) is 2.35. The van der Waals surface area contributed by atoms with Gasteiger partial charge in [-0.05, 0) is 25.0 Å². The molecule has 0 aliphatic rings. The maximum atomic E-state index is 12.2. The van der Waals surface area contributed by atoms with Crippen molar-refractivity contribution in [3.8, 4) is 0 Å². The second-order valence-corrected chi connectivity index (χ2v) is 6.54. The van der Waals surface area contributed by atoms with Gasteiger partial charge >= 0.3 is 0 Å². The van der Waals surface area contributed by atoms with E-state index in [-0.39, 0.29) is 22.2 Å². The zero-order valence-corrected chi connectivity index (χ0v) is 12.4. The molecule has 1 amide bonds. The van der Waals surface area contributed by atoms with Crippen LogP contribution in [0.15, 0.2) is 29.2 Å². The predicted octanol–water partition coefficient (Wildman–Crippen LogP) is 0.677. The van der Waals surface area contributed by atoms with Crippen LogP contribution in [0, 0.1) is 5.92 Å². The summed E-state index contributed by atoms with van der Waals surface area (Å²) in [6.07, 6.45) is 0. The molecule has 0 bridgehead atoms.